The van der Waals surface area contributed by atoms with Crippen molar-refractivity contribution in [3.63, 3.8) is 0 Å². The molecule has 4 rings (SSSR count). The van der Waals surface area contributed by atoms with Crippen molar-refractivity contribution in [3.8, 4) is 11.4 Å². The number of hydrogen-bond donors (Lipinski definition) is 0. The molecule has 0 N–H and O–H groups in total. The Morgan fingerprint density at radius 3 is 2.74 bits per heavy atom. The first-order valence-corrected chi connectivity index (χ1v) is 11.0. The molecule has 162 valence electrons. The highest BCUT2D eigenvalue weighted by atomic mass is 35.5. The second kappa shape index (κ2) is 10.5. The average molecular weight is 440 g/mol. The molecule has 2 aromatic heterocycles. The minimum atomic E-state index is 0.191. The minimum Gasteiger partial charge on any atom is -0.341 e. The number of rotatable bonds is 7. The van der Waals surface area contributed by atoms with Crippen LogP contribution in [0.3, 0.4) is 0 Å². The van der Waals surface area contributed by atoms with Gasteiger partial charge in [0, 0.05) is 63.5 Å². The van der Waals surface area contributed by atoms with Crippen molar-refractivity contribution in [1.82, 2.24) is 24.9 Å². The topological polar surface area (TPSA) is 75.4 Å². The molecule has 3 heterocycles. The summed E-state index contributed by atoms with van der Waals surface area (Å²) in [6.07, 6.45) is 6.37. The van der Waals surface area contributed by atoms with E-state index in [0.29, 0.717) is 36.0 Å². The van der Waals surface area contributed by atoms with Crippen molar-refractivity contribution in [2.24, 2.45) is 0 Å². The van der Waals surface area contributed by atoms with E-state index < -0.39 is 0 Å². The lowest BCUT2D eigenvalue weighted by Gasteiger charge is -2.22. The van der Waals surface area contributed by atoms with Gasteiger partial charge in [-0.1, -0.05) is 28.9 Å². The van der Waals surface area contributed by atoms with E-state index in [-0.39, 0.29) is 5.91 Å². The summed E-state index contributed by atoms with van der Waals surface area (Å²) in [7, 11) is 0. The molecule has 1 fully saturated rings. The van der Waals surface area contributed by atoms with Gasteiger partial charge in [-0.25, -0.2) is 0 Å². The summed E-state index contributed by atoms with van der Waals surface area (Å²) in [6, 6.07) is 11.5. The molecule has 0 spiro atoms. The van der Waals surface area contributed by atoms with E-state index in [1.165, 1.54) is 5.56 Å². The van der Waals surface area contributed by atoms with E-state index >= 15 is 0 Å². The second-order valence-corrected chi connectivity index (χ2v) is 8.12. The lowest BCUT2D eigenvalue weighted by atomic mass is 10.2. The summed E-state index contributed by atoms with van der Waals surface area (Å²) in [6.45, 7) is 4.36. The third kappa shape index (κ3) is 5.89. The van der Waals surface area contributed by atoms with Gasteiger partial charge in [-0.3, -0.25) is 14.7 Å². The molecule has 1 aliphatic rings. The van der Waals surface area contributed by atoms with Crippen molar-refractivity contribution >= 4 is 17.5 Å². The Morgan fingerprint density at radius 2 is 1.90 bits per heavy atom. The molecule has 7 nitrogen and oxygen atoms in total. The van der Waals surface area contributed by atoms with Gasteiger partial charge in [0.15, 0.2) is 0 Å². The maximum Gasteiger partial charge on any atom is 0.226 e. The third-order valence-corrected chi connectivity index (χ3v) is 5.79. The molecule has 1 aliphatic heterocycles. The largest absolute Gasteiger partial charge is 0.341 e. The predicted octanol–water partition coefficient (Wildman–Crippen LogP) is 3.84. The van der Waals surface area contributed by atoms with Crippen LogP contribution in [0.1, 0.15) is 30.7 Å². The molecule has 0 radical (unpaired) electrons. The smallest absolute Gasteiger partial charge is 0.226 e. The Morgan fingerprint density at radius 1 is 1.06 bits per heavy atom. The molecular weight excluding hydrogens is 414 g/mol. The van der Waals surface area contributed by atoms with Crippen LogP contribution in [0, 0.1) is 0 Å². The summed E-state index contributed by atoms with van der Waals surface area (Å²) in [4.78, 5) is 25.6. The van der Waals surface area contributed by atoms with Gasteiger partial charge in [-0.15, -0.1) is 0 Å². The molecule has 0 aliphatic carbocycles. The Bertz CT molecular complexity index is 994. The number of hydrogen-bond acceptors (Lipinski definition) is 6. The van der Waals surface area contributed by atoms with Crippen molar-refractivity contribution < 1.29 is 9.32 Å². The van der Waals surface area contributed by atoms with Crippen LogP contribution in [0.25, 0.3) is 11.4 Å². The van der Waals surface area contributed by atoms with Crippen molar-refractivity contribution in [2.75, 3.05) is 26.2 Å². The summed E-state index contributed by atoms with van der Waals surface area (Å²) in [5.41, 5.74) is 2.00. The summed E-state index contributed by atoms with van der Waals surface area (Å²) < 4.78 is 5.34. The maximum absolute atomic E-state index is 12.7. The first-order chi connectivity index (χ1) is 15.2. The normalized spacial score (nSPS) is 15.1. The first kappa shape index (κ1) is 21.5. The third-order valence-electron chi connectivity index (χ3n) is 5.46. The number of nitrogens with zero attached hydrogens (tertiary/aromatic N) is 5. The fourth-order valence-electron chi connectivity index (χ4n) is 3.78. The molecule has 1 amide bonds. The van der Waals surface area contributed by atoms with Gasteiger partial charge in [0.2, 0.25) is 17.6 Å². The Balaban J connectivity index is 1.23. The van der Waals surface area contributed by atoms with E-state index in [0.717, 1.165) is 44.7 Å². The first-order valence-electron chi connectivity index (χ1n) is 10.7. The highest BCUT2D eigenvalue weighted by Gasteiger charge is 2.19. The van der Waals surface area contributed by atoms with Crippen LogP contribution in [-0.4, -0.2) is 57.0 Å². The molecule has 0 atom stereocenters. The lowest BCUT2D eigenvalue weighted by Crippen LogP contribution is -2.35. The van der Waals surface area contributed by atoms with Crippen LogP contribution in [0.15, 0.2) is 53.3 Å². The number of pyridine rings is 1. The monoisotopic (exact) mass is 439 g/mol. The summed E-state index contributed by atoms with van der Waals surface area (Å²) in [5.74, 6) is 1.20. The number of aryl methyl sites for hydroxylation is 1. The number of carbonyl (C=O) groups is 1. The Kier molecular flexibility index (Phi) is 7.27. The van der Waals surface area contributed by atoms with Crippen LogP contribution in [-0.2, 0) is 17.8 Å². The van der Waals surface area contributed by atoms with E-state index in [9.17, 15) is 4.79 Å². The molecule has 0 saturated carbocycles. The fraction of sp³-hybridized carbons (Fsp3) is 0.391. The molecule has 1 saturated heterocycles. The van der Waals surface area contributed by atoms with Crippen molar-refractivity contribution in [2.45, 2.75) is 32.2 Å². The van der Waals surface area contributed by atoms with Gasteiger partial charge in [-0.05, 0) is 42.7 Å². The fourth-order valence-corrected chi connectivity index (χ4v) is 4.00. The average Bonchev–Trinajstić information content (AvgIpc) is 3.12. The standard InChI is InChI=1S/C23H26ClN5O2/c24-20-6-2-1-5-19(20)23-26-21(31-27-23)7-3-8-22(30)29-14-4-13-28(15-16-29)17-18-9-11-25-12-10-18/h1-2,5-6,9-12H,3-4,7-8,13-17H2. The summed E-state index contributed by atoms with van der Waals surface area (Å²) >= 11 is 6.19. The molecule has 1 aromatic carbocycles. The van der Waals surface area contributed by atoms with Gasteiger partial charge >= 0.3 is 0 Å². The van der Waals surface area contributed by atoms with Gasteiger partial charge in [0.1, 0.15) is 0 Å². The van der Waals surface area contributed by atoms with Crippen molar-refractivity contribution in [1.29, 1.82) is 0 Å². The highest BCUT2D eigenvalue weighted by molar-refractivity contribution is 6.33. The van der Waals surface area contributed by atoms with Gasteiger partial charge < -0.3 is 9.42 Å². The van der Waals surface area contributed by atoms with Crippen LogP contribution in [0.2, 0.25) is 5.02 Å². The van der Waals surface area contributed by atoms with Gasteiger partial charge in [0.05, 0.1) is 5.02 Å². The quantitative estimate of drug-likeness (QED) is 0.556. The number of amides is 1. The number of benzene rings is 1. The molecule has 3 aromatic rings. The number of halogens is 1. The molecule has 0 bridgehead atoms. The molecule has 0 unspecified atom stereocenters. The van der Waals surface area contributed by atoms with Crippen LogP contribution in [0.5, 0.6) is 0 Å². The lowest BCUT2D eigenvalue weighted by molar-refractivity contribution is -0.131. The van der Waals surface area contributed by atoms with Gasteiger partial charge in [-0.2, -0.15) is 4.98 Å². The molecular formula is C23H26ClN5O2. The predicted molar refractivity (Wildman–Crippen MR) is 118 cm³/mol. The van der Waals surface area contributed by atoms with Crippen LogP contribution < -0.4 is 0 Å². The zero-order chi connectivity index (χ0) is 21.5. The number of carbonyl (C=O) groups excluding carboxylic acids is 1. The zero-order valence-corrected chi connectivity index (χ0v) is 18.2. The van der Waals surface area contributed by atoms with E-state index in [4.69, 9.17) is 16.1 Å². The van der Waals surface area contributed by atoms with E-state index in [2.05, 4.69) is 20.0 Å². The minimum absolute atomic E-state index is 0.191. The summed E-state index contributed by atoms with van der Waals surface area (Å²) in [5, 5.41) is 4.60. The van der Waals surface area contributed by atoms with Crippen LogP contribution in [0.4, 0.5) is 0 Å². The van der Waals surface area contributed by atoms with Crippen molar-refractivity contribution in [3.05, 3.63) is 65.3 Å². The zero-order valence-electron chi connectivity index (χ0n) is 17.4. The SMILES string of the molecule is O=C(CCCc1nc(-c2ccccc2Cl)no1)N1CCCN(Cc2ccncc2)CC1. The second-order valence-electron chi connectivity index (χ2n) is 7.71. The van der Waals surface area contributed by atoms with Crippen LogP contribution >= 0.6 is 11.6 Å². The van der Waals surface area contributed by atoms with E-state index in [1.807, 2.05) is 47.6 Å². The van der Waals surface area contributed by atoms with Gasteiger partial charge in [0.25, 0.3) is 0 Å². The Labute approximate surface area is 187 Å². The maximum atomic E-state index is 12.7. The number of aromatic nitrogens is 3. The van der Waals surface area contributed by atoms with E-state index in [1.54, 1.807) is 6.07 Å². The Hall–Kier alpha value is -2.77. The highest BCUT2D eigenvalue weighted by Crippen LogP contribution is 2.25. The molecule has 8 heteroatoms. The molecule has 31 heavy (non-hydrogen) atoms.